The van der Waals surface area contributed by atoms with E-state index >= 15 is 0 Å². The molecule has 2 aliphatic rings. The SMILES string of the molecule is CC(C)(C)CCc1ccc(C2NC(=O)N(c3ccc(C(=O)O)cc3)C=C2C2CC(F)(F)C2)cc1Cl. The number of rotatable bonds is 6. The summed E-state index contributed by atoms with van der Waals surface area (Å²) in [6.45, 7) is 6.50. The number of carboxylic acid groups (broad SMARTS) is 1. The number of amides is 2. The summed E-state index contributed by atoms with van der Waals surface area (Å²) in [6, 6.07) is 10.5. The average molecular weight is 503 g/mol. The molecule has 2 aromatic rings. The van der Waals surface area contributed by atoms with Crippen LogP contribution in [0.3, 0.4) is 0 Å². The van der Waals surface area contributed by atoms with Crippen LogP contribution >= 0.6 is 11.6 Å². The largest absolute Gasteiger partial charge is 0.478 e. The Bertz CT molecular complexity index is 1160. The summed E-state index contributed by atoms with van der Waals surface area (Å²) >= 11 is 6.59. The molecule has 0 bridgehead atoms. The van der Waals surface area contributed by atoms with E-state index in [0.717, 1.165) is 24.0 Å². The number of aromatic carboxylic acids is 1. The van der Waals surface area contributed by atoms with Gasteiger partial charge in [0, 0.05) is 24.1 Å². The van der Waals surface area contributed by atoms with Crippen molar-refractivity contribution in [3.8, 4) is 0 Å². The maximum atomic E-state index is 13.8. The lowest BCUT2D eigenvalue weighted by Crippen LogP contribution is -2.48. The Kier molecular flexibility index (Phi) is 6.66. The van der Waals surface area contributed by atoms with Crippen LogP contribution in [0.5, 0.6) is 0 Å². The Morgan fingerprint density at radius 2 is 1.83 bits per heavy atom. The molecule has 1 aliphatic carbocycles. The first-order chi connectivity index (χ1) is 16.3. The lowest BCUT2D eigenvalue weighted by atomic mass is 9.72. The number of alkyl halides is 2. The van der Waals surface area contributed by atoms with E-state index in [2.05, 4.69) is 26.1 Å². The lowest BCUT2D eigenvalue weighted by molar-refractivity contribution is -0.101. The molecular formula is C27H29ClF2N2O3. The van der Waals surface area contributed by atoms with E-state index in [1.807, 2.05) is 18.2 Å². The van der Waals surface area contributed by atoms with Gasteiger partial charge in [0.25, 0.3) is 0 Å². The number of nitrogens with one attached hydrogen (secondary N) is 1. The first kappa shape index (κ1) is 25.2. The first-order valence-corrected chi connectivity index (χ1v) is 12.0. The van der Waals surface area contributed by atoms with Gasteiger partial charge in [-0.15, -0.1) is 0 Å². The van der Waals surface area contributed by atoms with Crippen LogP contribution in [0.15, 0.2) is 54.2 Å². The molecule has 5 nitrogen and oxygen atoms in total. The number of carbonyl (C=O) groups is 2. The van der Waals surface area contributed by atoms with Crippen LogP contribution in [0.2, 0.25) is 5.02 Å². The van der Waals surface area contributed by atoms with Gasteiger partial charge in [0.2, 0.25) is 5.92 Å². The Balaban J connectivity index is 1.65. The van der Waals surface area contributed by atoms with E-state index in [9.17, 15) is 18.4 Å². The van der Waals surface area contributed by atoms with Crippen LogP contribution in [0.1, 0.15) is 67.6 Å². The standard InChI is InChI=1S/C27H29ClF2N2O3/c1-26(2,3)11-10-16-4-5-18(12-22(16)28)23-21(19-13-27(29,30)14-19)15-32(25(35)31-23)20-8-6-17(7-9-20)24(33)34/h4-9,12,15,19,23H,10-11,13-14H2,1-3H3,(H,31,35)(H,33,34). The molecule has 35 heavy (non-hydrogen) atoms. The number of anilines is 1. The van der Waals surface area contributed by atoms with Gasteiger partial charge in [-0.05, 0) is 71.2 Å². The molecular weight excluding hydrogens is 474 g/mol. The minimum atomic E-state index is -2.72. The molecule has 2 N–H and O–H groups in total. The Hall–Kier alpha value is -2.93. The van der Waals surface area contributed by atoms with Gasteiger partial charge in [-0.3, -0.25) is 4.90 Å². The summed E-state index contributed by atoms with van der Waals surface area (Å²) in [5, 5.41) is 12.7. The van der Waals surface area contributed by atoms with Crippen molar-refractivity contribution in [2.45, 2.75) is 58.4 Å². The van der Waals surface area contributed by atoms with Crippen molar-refractivity contribution in [3.63, 3.8) is 0 Å². The lowest BCUT2D eigenvalue weighted by Gasteiger charge is -2.42. The molecule has 8 heteroatoms. The fraction of sp³-hybridized carbons (Fsp3) is 0.407. The molecule has 1 unspecified atom stereocenters. The summed E-state index contributed by atoms with van der Waals surface area (Å²) in [5.41, 5.74) is 3.13. The van der Waals surface area contributed by atoms with Crippen LogP contribution in [-0.4, -0.2) is 23.0 Å². The van der Waals surface area contributed by atoms with Crippen LogP contribution < -0.4 is 10.2 Å². The fourth-order valence-electron chi connectivity index (χ4n) is 4.48. The molecule has 2 aromatic carbocycles. The maximum absolute atomic E-state index is 13.8. The second-order valence-corrected chi connectivity index (χ2v) is 11.0. The summed E-state index contributed by atoms with van der Waals surface area (Å²) in [7, 11) is 0. The van der Waals surface area contributed by atoms with Gasteiger partial charge in [-0.25, -0.2) is 18.4 Å². The molecule has 0 aromatic heterocycles. The van der Waals surface area contributed by atoms with Gasteiger partial charge in [0.05, 0.1) is 17.3 Å². The molecule has 2 amide bonds. The van der Waals surface area contributed by atoms with Gasteiger partial charge in [0.15, 0.2) is 0 Å². The summed E-state index contributed by atoms with van der Waals surface area (Å²) in [4.78, 5) is 25.5. The third-order valence-electron chi connectivity index (χ3n) is 6.61. The van der Waals surface area contributed by atoms with Gasteiger partial charge in [0.1, 0.15) is 0 Å². The maximum Gasteiger partial charge on any atom is 0.335 e. The zero-order valence-corrected chi connectivity index (χ0v) is 20.7. The monoisotopic (exact) mass is 502 g/mol. The molecule has 0 radical (unpaired) electrons. The van der Waals surface area contributed by atoms with Crippen LogP contribution in [0, 0.1) is 11.3 Å². The topological polar surface area (TPSA) is 69.6 Å². The van der Waals surface area contributed by atoms with Crippen molar-refractivity contribution < 1.29 is 23.5 Å². The van der Waals surface area contributed by atoms with E-state index in [0.29, 0.717) is 16.3 Å². The van der Waals surface area contributed by atoms with E-state index in [1.54, 1.807) is 6.20 Å². The minimum Gasteiger partial charge on any atom is -0.478 e. The Morgan fingerprint density at radius 1 is 1.17 bits per heavy atom. The molecule has 1 fully saturated rings. The summed E-state index contributed by atoms with van der Waals surface area (Å²) < 4.78 is 27.6. The third-order valence-corrected chi connectivity index (χ3v) is 6.96. The van der Waals surface area contributed by atoms with Crippen molar-refractivity contribution in [3.05, 3.63) is 76.0 Å². The van der Waals surface area contributed by atoms with Crippen molar-refractivity contribution in [2.24, 2.45) is 11.3 Å². The normalized spacial score (nSPS) is 20.2. The number of hydrogen-bond donors (Lipinski definition) is 2. The predicted octanol–water partition coefficient (Wildman–Crippen LogP) is 7.22. The van der Waals surface area contributed by atoms with Crippen LogP contribution in [-0.2, 0) is 6.42 Å². The van der Waals surface area contributed by atoms with Crippen molar-refractivity contribution in [1.29, 1.82) is 0 Å². The number of carbonyl (C=O) groups excluding carboxylic acids is 1. The van der Waals surface area contributed by atoms with Crippen LogP contribution in [0.25, 0.3) is 0 Å². The number of halogens is 3. The average Bonchev–Trinajstić information content (AvgIpc) is 2.76. The van der Waals surface area contributed by atoms with Crippen molar-refractivity contribution in [1.82, 2.24) is 5.32 Å². The van der Waals surface area contributed by atoms with Gasteiger partial charge in [-0.2, -0.15) is 0 Å². The number of carboxylic acids is 1. The first-order valence-electron chi connectivity index (χ1n) is 11.6. The zero-order valence-electron chi connectivity index (χ0n) is 19.9. The van der Waals surface area contributed by atoms with Crippen molar-refractivity contribution in [2.75, 3.05) is 4.90 Å². The highest BCUT2D eigenvalue weighted by Gasteiger charge is 2.49. The highest BCUT2D eigenvalue weighted by Crippen LogP contribution is 2.50. The molecule has 1 heterocycles. The number of urea groups is 1. The second kappa shape index (κ2) is 9.26. The van der Waals surface area contributed by atoms with Gasteiger partial charge < -0.3 is 10.4 Å². The molecule has 1 saturated carbocycles. The molecule has 0 spiro atoms. The van der Waals surface area contributed by atoms with Crippen LogP contribution in [0.4, 0.5) is 19.3 Å². The molecule has 1 aliphatic heterocycles. The quantitative estimate of drug-likeness (QED) is 0.438. The van der Waals surface area contributed by atoms with E-state index in [-0.39, 0.29) is 23.8 Å². The van der Waals surface area contributed by atoms with E-state index in [4.69, 9.17) is 16.7 Å². The molecule has 4 rings (SSSR count). The Morgan fingerprint density at radius 3 is 2.37 bits per heavy atom. The van der Waals surface area contributed by atoms with Crippen molar-refractivity contribution >= 4 is 29.3 Å². The number of benzene rings is 2. The van der Waals surface area contributed by atoms with Gasteiger partial charge in [-0.1, -0.05) is 44.5 Å². The van der Waals surface area contributed by atoms with Gasteiger partial charge >= 0.3 is 12.0 Å². The zero-order chi connectivity index (χ0) is 25.5. The Labute approximate surface area is 208 Å². The number of aryl methyl sites for hydroxylation is 1. The fourth-order valence-corrected chi connectivity index (χ4v) is 4.77. The second-order valence-electron chi connectivity index (χ2n) is 10.6. The third kappa shape index (κ3) is 5.67. The minimum absolute atomic E-state index is 0.0908. The highest BCUT2D eigenvalue weighted by atomic mass is 35.5. The number of nitrogens with zero attached hydrogens (tertiary/aromatic N) is 1. The highest BCUT2D eigenvalue weighted by molar-refractivity contribution is 6.31. The molecule has 1 atom stereocenters. The number of hydrogen-bond acceptors (Lipinski definition) is 2. The van der Waals surface area contributed by atoms with E-state index < -0.39 is 29.9 Å². The predicted molar refractivity (Wildman–Crippen MR) is 132 cm³/mol. The summed E-state index contributed by atoms with van der Waals surface area (Å²) in [6.07, 6.45) is 2.82. The summed E-state index contributed by atoms with van der Waals surface area (Å²) in [5.74, 6) is -4.19. The smallest absolute Gasteiger partial charge is 0.335 e. The molecule has 186 valence electrons. The molecule has 0 saturated heterocycles. The van der Waals surface area contributed by atoms with E-state index in [1.165, 1.54) is 29.2 Å².